The van der Waals surface area contributed by atoms with E-state index in [0.717, 1.165) is 16.9 Å². The number of amides is 1. The fourth-order valence-electron chi connectivity index (χ4n) is 3.30. The molecular formula is C25H34N2O4. The topological polar surface area (TPSA) is 67.9 Å². The molecule has 2 atom stereocenters. The van der Waals surface area contributed by atoms with Crippen LogP contribution in [-0.2, 0) is 27.2 Å². The minimum Gasteiger partial charge on any atom is -0.497 e. The van der Waals surface area contributed by atoms with Crippen LogP contribution in [0.15, 0.2) is 54.6 Å². The summed E-state index contributed by atoms with van der Waals surface area (Å²) in [5.41, 5.74) is 1.33. The normalized spacial score (nSPS) is 13.2. The number of hydrogen-bond acceptors (Lipinski definition) is 5. The van der Waals surface area contributed by atoms with Crippen molar-refractivity contribution in [2.24, 2.45) is 0 Å². The third kappa shape index (κ3) is 7.40. The molecule has 2 aromatic rings. The fourth-order valence-corrected chi connectivity index (χ4v) is 3.30. The van der Waals surface area contributed by atoms with Gasteiger partial charge in [-0.05, 0) is 57.5 Å². The van der Waals surface area contributed by atoms with Crippen LogP contribution in [0.25, 0.3) is 0 Å². The van der Waals surface area contributed by atoms with Gasteiger partial charge in [-0.2, -0.15) is 0 Å². The van der Waals surface area contributed by atoms with Crippen LogP contribution in [0.4, 0.5) is 0 Å². The highest BCUT2D eigenvalue weighted by Crippen LogP contribution is 2.17. The average Bonchev–Trinajstić information content (AvgIpc) is 2.74. The summed E-state index contributed by atoms with van der Waals surface area (Å²) in [6, 6.07) is 16.1. The molecule has 0 bridgehead atoms. The lowest BCUT2D eigenvalue weighted by Gasteiger charge is -2.32. The first-order chi connectivity index (χ1) is 14.6. The van der Waals surface area contributed by atoms with Crippen molar-refractivity contribution in [1.29, 1.82) is 0 Å². The number of esters is 1. The van der Waals surface area contributed by atoms with Crippen molar-refractivity contribution in [1.82, 2.24) is 10.2 Å². The van der Waals surface area contributed by atoms with Crippen LogP contribution in [0.5, 0.6) is 5.75 Å². The minimum absolute atomic E-state index is 0.162. The molecule has 1 N–H and O–H groups in total. The second kappa shape index (κ2) is 11.0. The third-order valence-corrected chi connectivity index (χ3v) is 5.01. The smallest absolute Gasteiger partial charge is 0.329 e. The van der Waals surface area contributed by atoms with Gasteiger partial charge in [0.2, 0.25) is 5.91 Å². The second-order valence-electron chi connectivity index (χ2n) is 8.58. The Labute approximate surface area is 185 Å². The molecule has 0 saturated carbocycles. The van der Waals surface area contributed by atoms with E-state index in [1.807, 2.05) is 75.4 Å². The molecule has 0 saturated heterocycles. The number of nitrogens with one attached hydrogen (secondary N) is 1. The summed E-state index contributed by atoms with van der Waals surface area (Å²) in [4.78, 5) is 27.8. The summed E-state index contributed by atoms with van der Waals surface area (Å²) >= 11 is 0. The fraction of sp³-hybridized carbons (Fsp3) is 0.440. The van der Waals surface area contributed by atoms with Gasteiger partial charge in [0.05, 0.1) is 13.2 Å². The molecule has 0 fully saturated rings. The molecule has 0 aliphatic rings. The number of nitrogens with zero attached hydrogens (tertiary/aromatic N) is 1. The Morgan fingerprint density at radius 2 is 1.55 bits per heavy atom. The van der Waals surface area contributed by atoms with Crippen molar-refractivity contribution in [3.63, 3.8) is 0 Å². The monoisotopic (exact) mass is 426 g/mol. The van der Waals surface area contributed by atoms with E-state index < -0.39 is 23.7 Å². The van der Waals surface area contributed by atoms with Crippen molar-refractivity contribution in [3.8, 4) is 5.75 Å². The van der Waals surface area contributed by atoms with Crippen LogP contribution in [0.2, 0.25) is 0 Å². The zero-order valence-corrected chi connectivity index (χ0v) is 19.3. The summed E-state index contributed by atoms with van der Waals surface area (Å²) in [5, 5.41) is 3.09. The van der Waals surface area contributed by atoms with Gasteiger partial charge in [-0.1, -0.05) is 42.5 Å². The first kappa shape index (κ1) is 24.4. The summed E-state index contributed by atoms with van der Waals surface area (Å²) in [6.45, 7) is 5.48. The number of hydrogen-bond donors (Lipinski definition) is 1. The molecule has 31 heavy (non-hydrogen) atoms. The van der Waals surface area contributed by atoms with E-state index in [0.29, 0.717) is 12.8 Å². The number of rotatable bonds is 9. The van der Waals surface area contributed by atoms with E-state index in [1.165, 1.54) is 4.90 Å². The van der Waals surface area contributed by atoms with Crippen molar-refractivity contribution in [3.05, 3.63) is 65.7 Å². The molecule has 6 nitrogen and oxygen atoms in total. The Bertz CT molecular complexity index is 844. The van der Waals surface area contributed by atoms with Crippen molar-refractivity contribution in [2.45, 2.75) is 51.3 Å². The summed E-state index contributed by atoms with van der Waals surface area (Å²) in [5.74, 6) is 0.192. The summed E-state index contributed by atoms with van der Waals surface area (Å²) in [7, 11) is 5.03. The highest BCUT2D eigenvalue weighted by Gasteiger charge is 2.34. The summed E-state index contributed by atoms with van der Waals surface area (Å²) in [6.07, 6.45) is 0.882. The van der Waals surface area contributed by atoms with Gasteiger partial charge in [-0.15, -0.1) is 0 Å². The van der Waals surface area contributed by atoms with Crippen LogP contribution >= 0.6 is 0 Å². The zero-order valence-electron chi connectivity index (χ0n) is 19.3. The number of carbonyl (C=O) groups excluding carboxylic acids is 2. The van der Waals surface area contributed by atoms with Gasteiger partial charge in [-0.3, -0.25) is 4.79 Å². The highest BCUT2D eigenvalue weighted by molar-refractivity contribution is 5.88. The molecule has 2 aromatic carbocycles. The molecule has 0 aliphatic heterocycles. The first-order valence-corrected chi connectivity index (χ1v) is 10.5. The predicted molar refractivity (Wildman–Crippen MR) is 122 cm³/mol. The number of methoxy groups -OCH3 is 1. The molecule has 0 aromatic heterocycles. The number of likely N-dealkylation sites (N-methyl/N-ethyl adjacent to an activating group) is 2. The van der Waals surface area contributed by atoms with E-state index in [4.69, 9.17) is 9.47 Å². The largest absolute Gasteiger partial charge is 0.497 e. The Hall–Kier alpha value is -2.86. The van der Waals surface area contributed by atoms with E-state index in [-0.39, 0.29) is 5.91 Å². The maximum absolute atomic E-state index is 13.3. The molecule has 168 valence electrons. The van der Waals surface area contributed by atoms with Crippen LogP contribution < -0.4 is 10.1 Å². The standard InChI is InChI=1S/C25H34N2O4/c1-25(2,3)31-24(29)22(17-18-10-8-7-9-11-18)27(5)23(28)21(26-4)16-19-12-14-20(30-6)15-13-19/h7-15,21-22,26H,16-17H2,1-6H3/t21-,22-/m0/s1. The van der Waals surface area contributed by atoms with Gasteiger partial charge in [0.15, 0.2) is 0 Å². The highest BCUT2D eigenvalue weighted by atomic mass is 16.6. The minimum atomic E-state index is -0.721. The molecule has 2 rings (SSSR count). The van der Waals surface area contributed by atoms with Crippen molar-refractivity contribution < 1.29 is 19.1 Å². The van der Waals surface area contributed by atoms with Crippen molar-refractivity contribution >= 4 is 11.9 Å². The lowest BCUT2D eigenvalue weighted by Crippen LogP contribution is -2.53. The molecule has 1 amide bonds. The molecule has 0 spiro atoms. The zero-order chi connectivity index (χ0) is 23.0. The first-order valence-electron chi connectivity index (χ1n) is 10.5. The Kier molecular flexibility index (Phi) is 8.63. The van der Waals surface area contributed by atoms with E-state index in [9.17, 15) is 9.59 Å². The molecule has 6 heteroatoms. The molecule has 0 unspecified atom stereocenters. The summed E-state index contributed by atoms with van der Waals surface area (Å²) < 4.78 is 10.8. The van der Waals surface area contributed by atoms with Crippen LogP contribution in [0.3, 0.4) is 0 Å². The number of benzene rings is 2. The average molecular weight is 427 g/mol. The Balaban J connectivity index is 2.21. The SMILES string of the molecule is CN[C@@H](Cc1ccc(OC)cc1)C(=O)N(C)[C@@H](Cc1ccccc1)C(=O)OC(C)(C)C. The maximum atomic E-state index is 13.3. The van der Waals surface area contributed by atoms with Gasteiger partial charge in [-0.25, -0.2) is 4.79 Å². The van der Waals surface area contributed by atoms with Gasteiger partial charge in [0, 0.05) is 13.5 Å². The molecule has 0 aliphatic carbocycles. The van der Waals surface area contributed by atoms with Crippen LogP contribution in [-0.4, -0.2) is 55.7 Å². The van der Waals surface area contributed by atoms with Crippen LogP contribution in [0, 0.1) is 0 Å². The van der Waals surface area contributed by atoms with E-state index >= 15 is 0 Å². The van der Waals surface area contributed by atoms with Gasteiger partial charge < -0.3 is 19.7 Å². The molecule has 0 radical (unpaired) electrons. The van der Waals surface area contributed by atoms with Gasteiger partial charge in [0.1, 0.15) is 17.4 Å². The van der Waals surface area contributed by atoms with E-state index in [2.05, 4.69) is 5.32 Å². The Morgan fingerprint density at radius 1 is 0.968 bits per heavy atom. The van der Waals surface area contributed by atoms with E-state index in [1.54, 1.807) is 21.2 Å². The van der Waals surface area contributed by atoms with Gasteiger partial charge in [0.25, 0.3) is 0 Å². The lowest BCUT2D eigenvalue weighted by atomic mass is 10.0. The number of carbonyl (C=O) groups is 2. The molecular weight excluding hydrogens is 392 g/mol. The van der Waals surface area contributed by atoms with Crippen molar-refractivity contribution in [2.75, 3.05) is 21.2 Å². The Morgan fingerprint density at radius 3 is 2.06 bits per heavy atom. The predicted octanol–water partition coefficient (Wildman–Crippen LogP) is 3.24. The quantitative estimate of drug-likeness (QED) is 0.624. The number of ether oxygens (including phenoxy) is 2. The third-order valence-electron chi connectivity index (χ3n) is 5.01. The van der Waals surface area contributed by atoms with Crippen LogP contribution in [0.1, 0.15) is 31.9 Å². The van der Waals surface area contributed by atoms with Gasteiger partial charge >= 0.3 is 5.97 Å². The molecule has 0 heterocycles. The maximum Gasteiger partial charge on any atom is 0.329 e. The lowest BCUT2D eigenvalue weighted by molar-refractivity contribution is -0.164. The second-order valence-corrected chi connectivity index (χ2v) is 8.58.